The van der Waals surface area contributed by atoms with Crippen molar-refractivity contribution in [2.24, 2.45) is 11.8 Å². The summed E-state index contributed by atoms with van der Waals surface area (Å²) in [5.74, 6) is 3.19. The second-order valence-corrected chi connectivity index (χ2v) is 3.49. The first-order valence-corrected chi connectivity index (χ1v) is 4.67. The Kier molecular flexibility index (Phi) is 3.78. The van der Waals surface area contributed by atoms with E-state index in [2.05, 4.69) is 23.5 Å². The molecule has 0 saturated carbocycles. The quantitative estimate of drug-likeness (QED) is 0.473. The van der Waals surface area contributed by atoms with Crippen LogP contribution in [0.15, 0.2) is 0 Å². The molecule has 2 N–H and O–H groups in total. The first kappa shape index (κ1) is 10.1. The van der Waals surface area contributed by atoms with Gasteiger partial charge in [-0.3, -0.25) is 4.79 Å². The lowest BCUT2D eigenvalue weighted by Crippen LogP contribution is -2.34. The zero-order valence-corrected chi connectivity index (χ0v) is 7.97. The molecule has 1 aliphatic heterocycles. The molecule has 0 spiro atoms. The zero-order valence-electron chi connectivity index (χ0n) is 7.97. The predicted molar refractivity (Wildman–Crippen MR) is 52.0 cm³/mol. The van der Waals surface area contributed by atoms with Crippen LogP contribution in [0.3, 0.4) is 0 Å². The van der Waals surface area contributed by atoms with Gasteiger partial charge in [0.15, 0.2) is 0 Å². The highest BCUT2D eigenvalue weighted by atomic mass is 16.1. The van der Waals surface area contributed by atoms with Crippen molar-refractivity contribution in [1.29, 1.82) is 0 Å². The Morgan fingerprint density at radius 3 is 3.00 bits per heavy atom. The first-order valence-electron chi connectivity index (χ1n) is 4.67. The standard InChI is InChI=1S/C10H16N2O/c1-3-4-5-12-10(13)9-7-11-6-8(9)2/h1,8-9,11H,4-7H2,2H3,(H,12,13). The molecular weight excluding hydrogens is 164 g/mol. The lowest BCUT2D eigenvalue weighted by atomic mass is 9.97. The van der Waals surface area contributed by atoms with E-state index < -0.39 is 0 Å². The minimum atomic E-state index is 0.123. The number of rotatable bonds is 3. The average Bonchev–Trinajstić information content (AvgIpc) is 2.52. The minimum Gasteiger partial charge on any atom is -0.355 e. The molecule has 2 unspecified atom stereocenters. The third-order valence-corrected chi connectivity index (χ3v) is 2.42. The SMILES string of the molecule is C#CCCNC(=O)C1CNCC1C. The van der Waals surface area contributed by atoms with Gasteiger partial charge in [0.25, 0.3) is 0 Å². The van der Waals surface area contributed by atoms with Gasteiger partial charge in [0.05, 0.1) is 5.92 Å². The molecule has 0 aromatic heterocycles. The fourth-order valence-corrected chi connectivity index (χ4v) is 1.55. The number of carbonyl (C=O) groups is 1. The van der Waals surface area contributed by atoms with Crippen LogP contribution in [0, 0.1) is 24.2 Å². The second-order valence-electron chi connectivity index (χ2n) is 3.49. The summed E-state index contributed by atoms with van der Waals surface area (Å²) in [6, 6.07) is 0. The Morgan fingerprint density at radius 1 is 1.69 bits per heavy atom. The first-order chi connectivity index (χ1) is 6.25. The molecule has 1 rings (SSSR count). The number of amides is 1. The summed E-state index contributed by atoms with van der Waals surface area (Å²) in [5, 5.41) is 6.03. The van der Waals surface area contributed by atoms with Crippen LogP contribution in [0.1, 0.15) is 13.3 Å². The normalized spacial score (nSPS) is 26.8. The highest BCUT2D eigenvalue weighted by Crippen LogP contribution is 2.15. The molecule has 0 aromatic rings. The summed E-state index contributed by atoms with van der Waals surface area (Å²) in [5.41, 5.74) is 0. The van der Waals surface area contributed by atoms with Gasteiger partial charge in [-0.25, -0.2) is 0 Å². The molecule has 0 radical (unpaired) electrons. The summed E-state index contributed by atoms with van der Waals surface area (Å²) in [7, 11) is 0. The molecule has 72 valence electrons. The van der Waals surface area contributed by atoms with Crippen LogP contribution in [0.5, 0.6) is 0 Å². The molecule has 0 aromatic carbocycles. The monoisotopic (exact) mass is 180 g/mol. The van der Waals surface area contributed by atoms with Crippen molar-refractivity contribution in [3.05, 3.63) is 0 Å². The van der Waals surface area contributed by atoms with Crippen molar-refractivity contribution in [3.63, 3.8) is 0 Å². The average molecular weight is 180 g/mol. The van der Waals surface area contributed by atoms with E-state index in [1.807, 2.05) is 0 Å². The maximum Gasteiger partial charge on any atom is 0.224 e. The van der Waals surface area contributed by atoms with E-state index >= 15 is 0 Å². The van der Waals surface area contributed by atoms with E-state index in [0.717, 1.165) is 13.1 Å². The van der Waals surface area contributed by atoms with Crippen molar-refractivity contribution in [2.45, 2.75) is 13.3 Å². The Labute approximate surface area is 79.3 Å². The van der Waals surface area contributed by atoms with Gasteiger partial charge in [-0.15, -0.1) is 12.3 Å². The maximum atomic E-state index is 11.5. The number of hydrogen-bond donors (Lipinski definition) is 2. The second kappa shape index (κ2) is 4.88. The minimum absolute atomic E-state index is 0.123. The molecule has 1 fully saturated rings. The van der Waals surface area contributed by atoms with Crippen molar-refractivity contribution in [1.82, 2.24) is 10.6 Å². The molecule has 1 heterocycles. The van der Waals surface area contributed by atoms with Crippen molar-refractivity contribution >= 4 is 5.91 Å². The van der Waals surface area contributed by atoms with Gasteiger partial charge in [0.2, 0.25) is 5.91 Å². The number of hydrogen-bond acceptors (Lipinski definition) is 2. The number of carbonyl (C=O) groups excluding carboxylic acids is 1. The molecule has 3 heteroatoms. The highest BCUT2D eigenvalue weighted by Gasteiger charge is 2.28. The van der Waals surface area contributed by atoms with Crippen LogP contribution in [0.25, 0.3) is 0 Å². The molecular formula is C10H16N2O. The maximum absolute atomic E-state index is 11.5. The third kappa shape index (κ3) is 2.74. The van der Waals surface area contributed by atoms with Crippen LogP contribution in [0.2, 0.25) is 0 Å². The fraction of sp³-hybridized carbons (Fsp3) is 0.700. The molecule has 13 heavy (non-hydrogen) atoms. The molecule has 0 aliphatic carbocycles. The van der Waals surface area contributed by atoms with E-state index in [0.29, 0.717) is 18.9 Å². The predicted octanol–water partition coefficient (Wildman–Crippen LogP) is -0.0186. The highest BCUT2D eigenvalue weighted by molar-refractivity contribution is 5.79. The van der Waals surface area contributed by atoms with E-state index in [4.69, 9.17) is 6.42 Å². The molecule has 1 aliphatic rings. The zero-order chi connectivity index (χ0) is 9.68. The van der Waals surface area contributed by atoms with Gasteiger partial charge >= 0.3 is 0 Å². The van der Waals surface area contributed by atoms with Crippen LogP contribution in [0.4, 0.5) is 0 Å². The molecule has 3 nitrogen and oxygen atoms in total. The molecule has 2 atom stereocenters. The van der Waals surface area contributed by atoms with Crippen LogP contribution >= 0.6 is 0 Å². The van der Waals surface area contributed by atoms with Crippen LogP contribution in [-0.4, -0.2) is 25.5 Å². The van der Waals surface area contributed by atoms with E-state index in [-0.39, 0.29) is 11.8 Å². The van der Waals surface area contributed by atoms with Crippen LogP contribution < -0.4 is 10.6 Å². The Morgan fingerprint density at radius 2 is 2.46 bits per heavy atom. The summed E-state index contributed by atoms with van der Waals surface area (Å²) in [6.07, 6.45) is 5.69. The van der Waals surface area contributed by atoms with E-state index in [9.17, 15) is 4.79 Å². The van der Waals surface area contributed by atoms with Crippen LogP contribution in [-0.2, 0) is 4.79 Å². The van der Waals surface area contributed by atoms with E-state index in [1.54, 1.807) is 0 Å². The summed E-state index contributed by atoms with van der Waals surface area (Å²) >= 11 is 0. The van der Waals surface area contributed by atoms with E-state index in [1.165, 1.54) is 0 Å². The van der Waals surface area contributed by atoms with Gasteiger partial charge in [-0.2, -0.15) is 0 Å². The largest absolute Gasteiger partial charge is 0.355 e. The Balaban J connectivity index is 2.27. The summed E-state index contributed by atoms with van der Waals surface area (Å²) < 4.78 is 0. The van der Waals surface area contributed by atoms with Crippen molar-refractivity contribution < 1.29 is 4.79 Å². The van der Waals surface area contributed by atoms with Gasteiger partial charge in [0.1, 0.15) is 0 Å². The lowest BCUT2D eigenvalue weighted by molar-refractivity contribution is -0.125. The molecule has 1 saturated heterocycles. The number of terminal acetylenes is 1. The lowest BCUT2D eigenvalue weighted by Gasteiger charge is -2.13. The molecule has 0 bridgehead atoms. The summed E-state index contributed by atoms with van der Waals surface area (Å²) in [4.78, 5) is 11.5. The Bertz CT molecular complexity index is 219. The van der Waals surface area contributed by atoms with Crippen molar-refractivity contribution in [3.8, 4) is 12.3 Å². The van der Waals surface area contributed by atoms with Gasteiger partial charge in [-0.1, -0.05) is 6.92 Å². The van der Waals surface area contributed by atoms with Gasteiger partial charge in [0, 0.05) is 19.5 Å². The number of nitrogens with one attached hydrogen (secondary N) is 2. The van der Waals surface area contributed by atoms with Gasteiger partial charge < -0.3 is 10.6 Å². The third-order valence-electron chi connectivity index (χ3n) is 2.42. The smallest absolute Gasteiger partial charge is 0.224 e. The molecule has 1 amide bonds. The topological polar surface area (TPSA) is 41.1 Å². The van der Waals surface area contributed by atoms with Gasteiger partial charge in [-0.05, 0) is 12.5 Å². The Hall–Kier alpha value is -1.01. The fourth-order valence-electron chi connectivity index (χ4n) is 1.55. The summed E-state index contributed by atoms with van der Waals surface area (Å²) in [6.45, 7) is 4.42. The van der Waals surface area contributed by atoms with Crippen molar-refractivity contribution in [2.75, 3.05) is 19.6 Å².